The summed E-state index contributed by atoms with van der Waals surface area (Å²) in [4.78, 5) is 43.0. The first-order valence-corrected chi connectivity index (χ1v) is 13.2. The zero-order valence-corrected chi connectivity index (χ0v) is 21.2. The molecule has 5 nitrogen and oxygen atoms in total. The molecule has 0 bridgehead atoms. The van der Waals surface area contributed by atoms with Gasteiger partial charge < -0.3 is 4.74 Å². The van der Waals surface area contributed by atoms with E-state index in [4.69, 9.17) is 4.74 Å². The quantitative estimate of drug-likeness (QED) is 0.510. The number of carbonyl (C=O) groups is 3. The van der Waals surface area contributed by atoms with Crippen molar-refractivity contribution in [1.82, 2.24) is 4.98 Å². The van der Waals surface area contributed by atoms with E-state index in [1.807, 2.05) is 30.3 Å². The monoisotopic (exact) mass is 483 g/mol. The molecule has 0 spiro atoms. The van der Waals surface area contributed by atoms with E-state index in [9.17, 15) is 14.4 Å². The molecular weight excluding hydrogens is 450 g/mol. The highest BCUT2D eigenvalue weighted by molar-refractivity contribution is 5.94. The van der Waals surface area contributed by atoms with Crippen molar-refractivity contribution in [3.8, 4) is 0 Å². The number of pyridine rings is 1. The number of aromatic nitrogens is 1. The Morgan fingerprint density at radius 1 is 1.14 bits per heavy atom. The van der Waals surface area contributed by atoms with Crippen molar-refractivity contribution in [2.45, 2.75) is 59.0 Å². The topological polar surface area (TPSA) is 73.3 Å². The average molecular weight is 484 g/mol. The summed E-state index contributed by atoms with van der Waals surface area (Å²) in [5.41, 5.74) is 1.88. The van der Waals surface area contributed by atoms with Gasteiger partial charge in [0.05, 0.1) is 11.1 Å². The molecule has 4 aliphatic rings. The lowest BCUT2D eigenvalue weighted by Crippen LogP contribution is -2.56. The second-order valence-electron chi connectivity index (χ2n) is 11.9. The SMILES string of the molecule is CC(=O)[C@H]1CC[C@H]2[C@@H]3C=CC4=CC(=O)CC[C@@]4(C)[C@@H]3[C@@H](OC(=O)c3cnc4ccccc4c3)C[C@]12C. The van der Waals surface area contributed by atoms with E-state index in [0.29, 0.717) is 24.3 Å². The van der Waals surface area contributed by atoms with E-state index in [1.165, 1.54) is 0 Å². The van der Waals surface area contributed by atoms with E-state index < -0.39 is 0 Å². The predicted molar refractivity (Wildman–Crippen MR) is 137 cm³/mol. The molecule has 0 aliphatic heterocycles. The lowest BCUT2D eigenvalue weighted by atomic mass is 9.47. The fourth-order valence-electron chi connectivity index (χ4n) is 8.26. The number of Topliss-reactive ketones (excluding diaryl/α,β-unsaturated/α-hetero) is 1. The Labute approximate surface area is 212 Å². The van der Waals surface area contributed by atoms with E-state index in [1.54, 1.807) is 19.2 Å². The highest BCUT2D eigenvalue weighted by atomic mass is 16.5. The summed E-state index contributed by atoms with van der Waals surface area (Å²) in [6.45, 7) is 6.18. The molecule has 186 valence electrons. The van der Waals surface area contributed by atoms with Crippen LogP contribution in [0.4, 0.5) is 0 Å². The number of allylic oxidation sites excluding steroid dienone is 4. The number of esters is 1. The van der Waals surface area contributed by atoms with Gasteiger partial charge in [-0.1, -0.05) is 44.2 Å². The van der Waals surface area contributed by atoms with Gasteiger partial charge in [0.15, 0.2) is 5.78 Å². The number of fused-ring (bicyclic) bond motifs is 6. The van der Waals surface area contributed by atoms with Crippen LogP contribution in [0.3, 0.4) is 0 Å². The van der Waals surface area contributed by atoms with Crippen LogP contribution in [-0.2, 0) is 14.3 Å². The molecule has 4 aliphatic carbocycles. The van der Waals surface area contributed by atoms with Crippen LogP contribution in [0.5, 0.6) is 0 Å². The summed E-state index contributed by atoms with van der Waals surface area (Å²) in [5.74, 6) is 0.654. The van der Waals surface area contributed by atoms with Gasteiger partial charge in [0, 0.05) is 29.8 Å². The molecule has 1 aromatic carbocycles. The van der Waals surface area contributed by atoms with E-state index >= 15 is 0 Å². The smallest absolute Gasteiger partial charge is 0.340 e. The number of ketones is 2. The normalized spacial score (nSPS) is 37.0. The summed E-state index contributed by atoms with van der Waals surface area (Å²) >= 11 is 0. The lowest BCUT2D eigenvalue weighted by Gasteiger charge is -2.58. The molecule has 1 heterocycles. The Morgan fingerprint density at radius 2 is 1.94 bits per heavy atom. The van der Waals surface area contributed by atoms with Crippen molar-refractivity contribution in [3.63, 3.8) is 0 Å². The third kappa shape index (κ3) is 3.42. The number of benzene rings is 1. The average Bonchev–Trinajstić information content (AvgIpc) is 3.21. The van der Waals surface area contributed by atoms with Gasteiger partial charge in [-0.15, -0.1) is 0 Å². The second kappa shape index (κ2) is 8.22. The summed E-state index contributed by atoms with van der Waals surface area (Å²) in [7, 11) is 0. The van der Waals surface area contributed by atoms with Crippen LogP contribution in [0.2, 0.25) is 0 Å². The highest BCUT2D eigenvalue weighted by Gasteiger charge is 2.63. The van der Waals surface area contributed by atoms with Gasteiger partial charge in [0.1, 0.15) is 11.9 Å². The van der Waals surface area contributed by atoms with Crippen LogP contribution in [0.15, 0.2) is 60.3 Å². The maximum absolute atomic E-state index is 13.5. The molecule has 0 saturated heterocycles. The number of para-hydroxylation sites is 1. The van der Waals surface area contributed by atoms with Crippen molar-refractivity contribution in [2.24, 2.45) is 34.5 Å². The summed E-state index contributed by atoms with van der Waals surface area (Å²) < 4.78 is 6.40. The van der Waals surface area contributed by atoms with Gasteiger partial charge in [-0.25, -0.2) is 4.79 Å². The number of hydrogen-bond acceptors (Lipinski definition) is 5. The number of carbonyl (C=O) groups excluding carboxylic acids is 3. The van der Waals surface area contributed by atoms with Crippen LogP contribution in [0.1, 0.15) is 63.2 Å². The predicted octanol–water partition coefficient (Wildman–Crippen LogP) is 5.88. The largest absolute Gasteiger partial charge is 0.458 e. The maximum Gasteiger partial charge on any atom is 0.340 e. The van der Waals surface area contributed by atoms with Crippen LogP contribution >= 0.6 is 0 Å². The molecule has 1 aromatic heterocycles. The van der Waals surface area contributed by atoms with E-state index in [2.05, 4.69) is 31.0 Å². The van der Waals surface area contributed by atoms with Crippen molar-refractivity contribution < 1.29 is 19.1 Å². The molecule has 0 amide bonds. The van der Waals surface area contributed by atoms with Gasteiger partial charge in [-0.2, -0.15) is 0 Å². The molecule has 0 N–H and O–H groups in total. The lowest BCUT2D eigenvalue weighted by molar-refractivity contribution is -0.135. The minimum Gasteiger partial charge on any atom is -0.458 e. The number of nitrogens with zero attached hydrogens (tertiary/aromatic N) is 1. The highest BCUT2D eigenvalue weighted by Crippen LogP contribution is 2.65. The first kappa shape index (κ1) is 23.3. The molecule has 6 rings (SSSR count). The Morgan fingerprint density at radius 3 is 2.75 bits per heavy atom. The Hall–Kier alpha value is -3.08. The van der Waals surface area contributed by atoms with Crippen molar-refractivity contribution in [3.05, 3.63) is 65.9 Å². The Balaban J connectivity index is 1.41. The summed E-state index contributed by atoms with van der Waals surface area (Å²) in [5, 5.41) is 0.900. The molecule has 5 heteroatoms. The summed E-state index contributed by atoms with van der Waals surface area (Å²) in [6.07, 6.45) is 11.3. The molecule has 0 unspecified atom stereocenters. The second-order valence-corrected chi connectivity index (χ2v) is 11.9. The molecule has 36 heavy (non-hydrogen) atoms. The zero-order chi connectivity index (χ0) is 25.2. The van der Waals surface area contributed by atoms with Crippen LogP contribution in [0, 0.1) is 34.5 Å². The Bertz CT molecular complexity index is 1340. The van der Waals surface area contributed by atoms with E-state index in [0.717, 1.165) is 35.7 Å². The minimum atomic E-state index is -0.369. The molecule has 2 aromatic rings. The van der Waals surface area contributed by atoms with Crippen molar-refractivity contribution in [1.29, 1.82) is 0 Å². The third-order valence-electron chi connectivity index (χ3n) is 10.0. The molecule has 0 radical (unpaired) electrons. The summed E-state index contributed by atoms with van der Waals surface area (Å²) in [6, 6.07) is 9.57. The fourth-order valence-corrected chi connectivity index (χ4v) is 8.26. The molecule has 2 saturated carbocycles. The Kier molecular flexibility index (Phi) is 5.33. The third-order valence-corrected chi connectivity index (χ3v) is 10.0. The zero-order valence-electron chi connectivity index (χ0n) is 21.2. The van der Waals surface area contributed by atoms with Crippen LogP contribution in [0.25, 0.3) is 10.9 Å². The van der Waals surface area contributed by atoms with Gasteiger partial charge in [0.25, 0.3) is 0 Å². The first-order chi connectivity index (χ1) is 17.2. The van der Waals surface area contributed by atoms with Gasteiger partial charge in [0.2, 0.25) is 0 Å². The maximum atomic E-state index is 13.5. The standard InChI is InChI=1S/C31H33NO4/c1-18(33)24-10-11-25-23-9-8-21-15-22(34)12-13-30(21,2)28(23)27(16-31(24,25)3)36-29(35)20-14-19-6-4-5-7-26(19)32-17-20/h4-9,14-15,17,23-25,27-28H,10-13,16H2,1-3H3/t23-,24+,25-,27-,28-,30+,31+/m0/s1. The number of rotatable bonds is 3. The van der Waals surface area contributed by atoms with Crippen LogP contribution < -0.4 is 0 Å². The van der Waals surface area contributed by atoms with Gasteiger partial charge in [-0.05, 0) is 79.1 Å². The van der Waals surface area contributed by atoms with Gasteiger partial charge >= 0.3 is 5.97 Å². The van der Waals surface area contributed by atoms with Crippen molar-refractivity contribution >= 4 is 28.4 Å². The number of hydrogen-bond donors (Lipinski definition) is 0. The number of ether oxygens (including phenoxy) is 1. The van der Waals surface area contributed by atoms with Crippen molar-refractivity contribution in [2.75, 3.05) is 0 Å². The van der Waals surface area contributed by atoms with Gasteiger partial charge in [-0.3, -0.25) is 14.6 Å². The first-order valence-electron chi connectivity index (χ1n) is 13.2. The molecule has 7 atom stereocenters. The molecular formula is C31H33NO4. The minimum absolute atomic E-state index is 0.0157. The van der Waals surface area contributed by atoms with Crippen LogP contribution in [-0.4, -0.2) is 28.6 Å². The fraction of sp³-hybridized carbons (Fsp3) is 0.484. The van der Waals surface area contributed by atoms with E-state index in [-0.39, 0.29) is 52.2 Å². The molecule has 2 fully saturated rings.